The summed E-state index contributed by atoms with van der Waals surface area (Å²) in [6.07, 6.45) is 0.690. The summed E-state index contributed by atoms with van der Waals surface area (Å²) in [4.78, 5) is 49.1. The van der Waals surface area contributed by atoms with Crippen molar-refractivity contribution >= 4 is 41.0 Å². The number of rotatable bonds is 10. The molecule has 14 nitrogen and oxygen atoms in total. The van der Waals surface area contributed by atoms with Crippen LogP contribution < -0.4 is 10.7 Å². The zero-order valence-electron chi connectivity index (χ0n) is 18.0. The number of hydrogen-bond donors (Lipinski definition) is 6. The van der Waals surface area contributed by atoms with Gasteiger partial charge in [-0.2, -0.15) is 5.10 Å². The van der Waals surface area contributed by atoms with Gasteiger partial charge < -0.3 is 35.2 Å². The van der Waals surface area contributed by atoms with Crippen molar-refractivity contribution in [2.45, 2.75) is 43.1 Å². The van der Waals surface area contributed by atoms with Crippen LogP contribution in [0.2, 0.25) is 0 Å². The van der Waals surface area contributed by atoms with Gasteiger partial charge in [-0.05, 0) is 43.1 Å². The molecule has 6 N–H and O–H groups in total. The van der Waals surface area contributed by atoms with E-state index in [1.165, 1.54) is 0 Å². The van der Waals surface area contributed by atoms with Crippen LogP contribution in [-0.2, 0) is 25.5 Å². The van der Waals surface area contributed by atoms with Crippen molar-refractivity contribution < 1.29 is 48.4 Å². The number of hydrazone groups is 1. The average Bonchev–Trinajstić information content (AvgIpc) is 2.76. The van der Waals surface area contributed by atoms with Gasteiger partial charge in [0.15, 0.2) is 17.5 Å². The lowest BCUT2D eigenvalue weighted by Gasteiger charge is -2.48. The number of hydrogen-bond acceptors (Lipinski definition) is 10. The van der Waals surface area contributed by atoms with Crippen LogP contribution in [0.1, 0.15) is 30.6 Å². The first kappa shape index (κ1) is 26.7. The Labute approximate surface area is 195 Å². The number of aliphatic hydroxyl groups excluding tert-OH is 1. The smallest absolute Gasteiger partial charge is 0.328 e. The first-order chi connectivity index (χ1) is 15.8. The van der Waals surface area contributed by atoms with Crippen molar-refractivity contribution in [2.24, 2.45) is 5.10 Å². The Hall–Kier alpha value is -3.56. The van der Waals surface area contributed by atoms with E-state index in [4.69, 9.17) is 0 Å². The average molecular weight is 499 g/mol. The monoisotopic (exact) mass is 499 g/mol. The van der Waals surface area contributed by atoms with Gasteiger partial charge in [0.2, 0.25) is 5.91 Å². The fraction of sp³-hybridized carbons (Fsp3) is 0.421. The molecule has 2 rings (SSSR count). The topological polar surface area (TPSA) is 229 Å². The van der Waals surface area contributed by atoms with Crippen molar-refractivity contribution in [2.75, 3.05) is 6.61 Å². The molecular weight excluding hydrogens is 476 g/mol. The minimum atomic E-state index is -3.09. The number of carbonyl (C=O) groups excluding carboxylic acids is 3. The van der Waals surface area contributed by atoms with E-state index in [1.807, 2.05) is 5.43 Å². The molecular formula is C19H23N4O10S-. The Kier molecular flexibility index (Phi) is 8.31. The second-order valence-electron chi connectivity index (χ2n) is 7.66. The molecule has 1 fully saturated rings. The van der Waals surface area contributed by atoms with Gasteiger partial charge in [-0.15, -0.1) is 0 Å². The Morgan fingerprint density at radius 1 is 1.35 bits per heavy atom. The number of β-lactam (4-membered cyclic amide) rings is 1. The van der Waals surface area contributed by atoms with Crippen LogP contribution in [0, 0.1) is 0 Å². The predicted octanol–water partition coefficient (Wildman–Crippen LogP) is -2.00. The van der Waals surface area contributed by atoms with E-state index in [9.17, 15) is 48.4 Å². The third-order valence-electron chi connectivity index (χ3n) is 5.18. The predicted molar refractivity (Wildman–Crippen MR) is 114 cm³/mol. The molecule has 5 atom stereocenters. The fourth-order valence-corrected chi connectivity index (χ4v) is 3.77. The van der Waals surface area contributed by atoms with E-state index >= 15 is 0 Å². The second-order valence-corrected chi connectivity index (χ2v) is 9.01. The van der Waals surface area contributed by atoms with Gasteiger partial charge in [-0.1, -0.05) is 0 Å². The minimum absolute atomic E-state index is 0.0515. The summed E-state index contributed by atoms with van der Waals surface area (Å²) in [5, 5.41) is 43.4. The Morgan fingerprint density at radius 3 is 2.47 bits per heavy atom. The van der Waals surface area contributed by atoms with E-state index in [0.29, 0.717) is 6.21 Å². The molecule has 34 heavy (non-hydrogen) atoms. The molecule has 0 aromatic heterocycles. The molecule has 186 valence electrons. The molecule has 15 heteroatoms. The fourth-order valence-electron chi connectivity index (χ4n) is 3.24. The Bertz CT molecular complexity index is 1050. The lowest BCUT2D eigenvalue weighted by atomic mass is 9.92. The summed E-state index contributed by atoms with van der Waals surface area (Å²) in [5.41, 5.74) is 1.77. The molecule has 0 bridgehead atoms. The number of phenolic OH excluding ortho intramolecular Hbond substituents is 2. The van der Waals surface area contributed by atoms with Gasteiger partial charge in [0.1, 0.15) is 6.04 Å². The third kappa shape index (κ3) is 5.49. The van der Waals surface area contributed by atoms with Gasteiger partial charge in [-0.25, -0.2) is 10.2 Å². The standard InChI is InChI=1S/C19H24N4O10S/c1-9-5-14(27)23(9)15(18(30)31)19(2,34(32)33)8-20-22-17(29)11(7-24)21-16(28)10-3-4-12(25)13(26)6-10/h3-4,6,8-9,11,15,24-26H,5,7H2,1-2H3,(H,21,28)(H,22,29)(H,30,31)(H,32,33)/p-1/b20-8+/t9-,11+,15+,19+/m1/s1. The molecule has 0 spiro atoms. The third-order valence-corrected chi connectivity index (χ3v) is 6.23. The zero-order chi connectivity index (χ0) is 25.8. The van der Waals surface area contributed by atoms with Crippen LogP contribution in [0.25, 0.3) is 0 Å². The number of phenols is 2. The molecule has 0 saturated carbocycles. The maximum absolute atomic E-state index is 12.3. The number of nitrogens with one attached hydrogen (secondary N) is 2. The second kappa shape index (κ2) is 10.6. The highest BCUT2D eigenvalue weighted by atomic mass is 32.2. The number of aliphatic hydroxyl groups is 1. The molecule has 0 aliphatic carbocycles. The first-order valence-corrected chi connectivity index (χ1v) is 10.8. The summed E-state index contributed by atoms with van der Waals surface area (Å²) < 4.78 is 21.6. The molecule has 1 aliphatic heterocycles. The van der Waals surface area contributed by atoms with Gasteiger partial charge >= 0.3 is 5.97 Å². The number of carboxylic acids is 1. The largest absolute Gasteiger partial charge is 0.772 e. The van der Waals surface area contributed by atoms with E-state index in [2.05, 4.69) is 10.4 Å². The van der Waals surface area contributed by atoms with Crippen LogP contribution in [0.4, 0.5) is 0 Å². The highest BCUT2D eigenvalue weighted by molar-refractivity contribution is 7.81. The van der Waals surface area contributed by atoms with Crippen molar-refractivity contribution in [1.82, 2.24) is 15.6 Å². The molecule has 1 aliphatic rings. The van der Waals surface area contributed by atoms with Crippen LogP contribution in [0.5, 0.6) is 11.5 Å². The lowest BCUT2D eigenvalue weighted by molar-refractivity contribution is -0.161. The molecule has 1 aromatic rings. The SMILES string of the molecule is C[C@@H]1CC(=O)N1[C@@H](C(=O)O)[C@](C)(/C=N/NC(=O)[C@H](CO)NC(=O)c1ccc(O)c(O)c1)S(=O)[O-]. The molecule has 1 unspecified atom stereocenters. The first-order valence-electron chi connectivity index (χ1n) is 9.74. The lowest BCUT2D eigenvalue weighted by Crippen LogP contribution is -2.67. The van der Waals surface area contributed by atoms with Crippen molar-refractivity contribution in [3.8, 4) is 11.5 Å². The molecule has 1 saturated heterocycles. The summed E-state index contributed by atoms with van der Waals surface area (Å²) in [7, 11) is 0. The van der Waals surface area contributed by atoms with E-state index in [0.717, 1.165) is 30.0 Å². The summed E-state index contributed by atoms with van der Waals surface area (Å²) >= 11 is -3.09. The molecule has 1 heterocycles. The number of amides is 3. The van der Waals surface area contributed by atoms with Gasteiger partial charge in [-0.3, -0.25) is 18.6 Å². The normalized spacial score (nSPS) is 20.1. The maximum atomic E-state index is 12.3. The summed E-state index contributed by atoms with van der Waals surface area (Å²) in [6.45, 7) is 1.66. The Morgan fingerprint density at radius 2 is 2.00 bits per heavy atom. The Balaban J connectivity index is 2.15. The summed E-state index contributed by atoms with van der Waals surface area (Å²) in [5.74, 6) is -5.19. The van der Waals surface area contributed by atoms with Crippen LogP contribution in [0.3, 0.4) is 0 Å². The van der Waals surface area contributed by atoms with Crippen molar-refractivity contribution in [3.05, 3.63) is 23.8 Å². The maximum Gasteiger partial charge on any atom is 0.328 e. The van der Waals surface area contributed by atoms with Crippen LogP contribution >= 0.6 is 0 Å². The number of likely N-dealkylation sites (tertiary alicyclic amines) is 1. The number of aromatic hydroxyl groups is 2. The van der Waals surface area contributed by atoms with E-state index < -0.39 is 75.7 Å². The molecule has 3 amide bonds. The van der Waals surface area contributed by atoms with Crippen molar-refractivity contribution in [1.29, 1.82) is 0 Å². The van der Waals surface area contributed by atoms with Gasteiger partial charge in [0.05, 0.1) is 11.4 Å². The molecule has 1 aromatic carbocycles. The van der Waals surface area contributed by atoms with Crippen LogP contribution in [0.15, 0.2) is 23.3 Å². The van der Waals surface area contributed by atoms with E-state index in [-0.39, 0.29) is 12.0 Å². The quantitative estimate of drug-likeness (QED) is 0.0682. The summed E-state index contributed by atoms with van der Waals surface area (Å²) in [6, 6.07) is -0.792. The van der Waals surface area contributed by atoms with E-state index in [1.54, 1.807) is 6.92 Å². The number of nitrogens with zero attached hydrogens (tertiary/aromatic N) is 2. The highest BCUT2D eigenvalue weighted by Crippen LogP contribution is 2.30. The zero-order valence-corrected chi connectivity index (χ0v) is 18.8. The van der Waals surface area contributed by atoms with Gasteiger partial charge in [0, 0.05) is 24.2 Å². The minimum Gasteiger partial charge on any atom is -0.772 e. The number of carbonyl (C=O) groups is 4. The highest BCUT2D eigenvalue weighted by Gasteiger charge is 2.51. The number of aliphatic carboxylic acids is 1. The number of carboxylic acid groups (broad SMARTS) is 1. The van der Waals surface area contributed by atoms with Gasteiger partial charge in [0.25, 0.3) is 11.8 Å². The molecule has 0 radical (unpaired) electrons. The van der Waals surface area contributed by atoms with Crippen LogP contribution in [-0.4, -0.2) is 93.5 Å². The van der Waals surface area contributed by atoms with Crippen molar-refractivity contribution in [3.63, 3.8) is 0 Å². The number of benzene rings is 1.